The summed E-state index contributed by atoms with van der Waals surface area (Å²) in [5, 5.41) is 21.9. The lowest BCUT2D eigenvalue weighted by atomic mass is 9.89. The van der Waals surface area contributed by atoms with Gasteiger partial charge in [0.2, 0.25) is 0 Å². The number of benzene rings is 5. The van der Waals surface area contributed by atoms with E-state index >= 15 is 0 Å². The highest BCUT2D eigenvalue weighted by Crippen LogP contribution is 2.41. The quantitative estimate of drug-likeness (QED) is 0.181. The summed E-state index contributed by atoms with van der Waals surface area (Å²) in [6, 6.07) is 41.3. The van der Waals surface area contributed by atoms with Crippen molar-refractivity contribution in [3.05, 3.63) is 142 Å². The number of nitrogens with zero attached hydrogens (tertiary/aromatic N) is 4. The minimum absolute atomic E-state index is 0.187. The molecule has 0 aliphatic heterocycles. The standard InChI is InChI=1S/C40H24Cl2N4/c1-23-32-19-29(20-33(26-12-7-4-8-13-26)37(32)45-39(41)34(23)21-43)27-14-9-15-28(18-27)31-17-16-30(25-10-5-3-6-11-25)36-24(2)35(22-44)40(42)46-38(31)36/h3-20H,1-2H3. The van der Waals surface area contributed by atoms with Crippen molar-refractivity contribution in [2.24, 2.45) is 0 Å². The summed E-state index contributed by atoms with van der Waals surface area (Å²) in [5.74, 6) is 0. The molecule has 0 aliphatic carbocycles. The molecule has 218 valence electrons. The Morgan fingerprint density at radius 3 is 1.70 bits per heavy atom. The number of aryl methyl sites for hydroxylation is 2. The SMILES string of the molecule is Cc1c(C#N)c(Cl)nc2c(-c3ccccc3)cc(-c3cccc(-c4ccc(-c5ccccc5)c5c(C)c(C#N)c(Cl)nc45)c3)cc12. The van der Waals surface area contributed by atoms with Gasteiger partial charge in [0.15, 0.2) is 0 Å². The average molecular weight is 632 g/mol. The van der Waals surface area contributed by atoms with Gasteiger partial charge in [-0.15, -0.1) is 0 Å². The number of rotatable bonds is 4. The van der Waals surface area contributed by atoms with Crippen molar-refractivity contribution in [1.82, 2.24) is 9.97 Å². The molecule has 0 radical (unpaired) electrons. The Kier molecular flexibility index (Phi) is 7.47. The first-order valence-electron chi connectivity index (χ1n) is 14.7. The number of hydrogen-bond acceptors (Lipinski definition) is 4. The van der Waals surface area contributed by atoms with Crippen molar-refractivity contribution in [3.63, 3.8) is 0 Å². The first-order chi connectivity index (χ1) is 22.4. The fraction of sp³-hybridized carbons (Fsp3) is 0.0500. The van der Waals surface area contributed by atoms with Crippen LogP contribution in [0.2, 0.25) is 10.3 Å². The Hall–Kier alpha value is -5.52. The second-order valence-corrected chi connectivity index (χ2v) is 11.9. The molecule has 7 rings (SSSR count). The van der Waals surface area contributed by atoms with Crippen LogP contribution in [-0.4, -0.2) is 9.97 Å². The average Bonchev–Trinajstić information content (AvgIpc) is 3.08. The van der Waals surface area contributed by atoms with E-state index in [1.807, 2.05) is 68.4 Å². The van der Waals surface area contributed by atoms with Crippen LogP contribution in [0.3, 0.4) is 0 Å². The molecule has 2 heterocycles. The van der Waals surface area contributed by atoms with E-state index in [1.54, 1.807) is 0 Å². The first-order valence-corrected chi connectivity index (χ1v) is 15.4. The molecule has 0 amide bonds. The van der Waals surface area contributed by atoms with Crippen LogP contribution >= 0.6 is 23.2 Å². The van der Waals surface area contributed by atoms with Crippen molar-refractivity contribution in [3.8, 4) is 56.6 Å². The van der Waals surface area contributed by atoms with Crippen LogP contribution in [0.5, 0.6) is 0 Å². The lowest BCUT2D eigenvalue weighted by Gasteiger charge is -2.16. The van der Waals surface area contributed by atoms with Crippen molar-refractivity contribution in [1.29, 1.82) is 10.5 Å². The highest BCUT2D eigenvalue weighted by molar-refractivity contribution is 6.32. The fourth-order valence-electron chi connectivity index (χ4n) is 6.23. The largest absolute Gasteiger partial charge is 0.234 e. The second kappa shape index (κ2) is 11.8. The van der Waals surface area contributed by atoms with Crippen LogP contribution in [0.4, 0.5) is 0 Å². The molecule has 0 unspecified atom stereocenters. The van der Waals surface area contributed by atoms with Gasteiger partial charge < -0.3 is 0 Å². The molecule has 0 bridgehead atoms. The number of pyridine rings is 2. The molecule has 2 aromatic heterocycles. The smallest absolute Gasteiger partial charge is 0.147 e. The van der Waals surface area contributed by atoms with Crippen molar-refractivity contribution in [2.75, 3.05) is 0 Å². The third-order valence-corrected chi connectivity index (χ3v) is 9.10. The number of halogens is 2. The van der Waals surface area contributed by atoms with Gasteiger partial charge in [0.05, 0.1) is 22.2 Å². The van der Waals surface area contributed by atoms with Gasteiger partial charge in [0.1, 0.15) is 22.4 Å². The third kappa shape index (κ3) is 4.86. The third-order valence-electron chi connectivity index (χ3n) is 8.55. The van der Waals surface area contributed by atoms with E-state index in [4.69, 9.17) is 28.2 Å². The maximum Gasteiger partial charge on any atom is 0.147 e. The predicted octanol–water partition coefficient (Wildman–Crippen LogP) is 11.1. The zero-order chi connectivity index (χ0) is 31.9. The van der Waals surface area contributed by atoms with Crippen LogP contribution in [0.25, 0.3) is 66.3 Å². The van der Waals surface area contributed by atoms with Gasteiger partial charge in [-0.25, -0.2) is 9.97 Å². The van der Waals surface area contributed by atoms with Crippen molar-refractivity contribution < 1.29 is 0 Å². The molecular weight excluding hydrogens is 607 g/mol. The summed E-state index contributed by atoms with van der Waals surface area (Å²) < 4.78 is 0. The molecule has 0 aliphatic rings. The van der Waals surface area contributed by atoms with Gasteiger partial charge in [-0.2, -0.15) is 10.5 Å². The number of aromatic nitrogens is 2. The van der Waals surface area contributed by atoms with Crippen LogP contribution in [0.15, 0.2) is 109 Å². The lowest BCUT2D eigenvalue weighted by Crippen LogP contribution is -1.97. The van der Waals surface area contributed by atoms with Crippen molar-refractivity contribution in [2.45, 2.75) is 13.8 Å². The maximum atomic E-state index is 9.91. The Bertz CT molecular complexity index is 2420. The minimum Gasteiger partial charge on any atom is -0.234 e. The highest BCUT2D eigenvalue weighted by Gasteiger charge is 2.20. The zero-order valence-electron chi connectivity index (χ0n) is 24.9. The zero-order valence-corrected chi connectivity index (χ0v) is 26.4. The molecule has 0 fully saturated rings. The van der Waals surface area contributed by atoms with Gasteiger partial charge in [0.25, 0.3) is 0 Å². The van der Waals surface area contributed by atoms with E-state index in [2.05, 4.69) is 71.7 Å². The molecule has 46 heavy (non-hydrogen) atoms. The molecular formula is C40H24Cl2N4. The number of nitriles is 2. The molecule has 0 spiro atoms. The normalized spacial score (nSPS) is 11.0. The highest BCUT2D eigenvalue weighted by atomic mass is 35.5. The van der Waals surface area contributed by atoms with Gasteiger partial charge in [0, 0.05) is 21.9 Å². The molecule has 4 nitrogen and oxygen atoms in total. The topological polar surface area (TPSA) is 73.4 Å². The minimum atomic E-state index is 0.187. The van der Waals surface area contributed by atoms with Gasteiger partial charge in [-0.05, 0) is 76.6 Å². The van der Waals surface area contributed by atoms with Crippen LogP contribution in [0, 0.1) is 36.5 Å². The maximum absolute atomic E-state index is 9.91. The van der Waals surface area contributed by atoms with E-state index in [0.717, 1.165) is 77.4 Å². The summed E-state index contributed by atoms with van der Waals surface area (Å²) in [5.41, 5.74) is 11.6. The van der Waals surface area contributed by atoms with Crippen LogP contribution in [0.1, 0.15) is 22.3 Å². The fourth-order valence-corrected chi connectivity index (χ4v) is 6.76. The predicted molar refractivity (Wildman–Crippen MR) is 188 cm³/mol. The summed E-state index contributed by atoms with van der Waals surface area (Å²) in [7, 11) is 0. The van der Waals surface area contributed by atoms with Crippen LogP contribution in [-0.2, 0) is 0 Å². The van der Waals surface area contributed by atoms with E-state index in [1.165, 1.54) is 0 Å². The van der Waals surface area contributed by atoms with Gasteiger partial charge >= 0.3 is 0 Å². The molecule has 0 saturated carbocycles. The Balaban J connectivity index is 1.48. The van der Waals surface area contributed by atoms with Crippen molar-refractivity contribution >= 4 is 45.0 Å². The molecule has 7 aromatic rings. The van der Waals surface area contributed by atoms with E-state index in [0.29, 0.717) is 11.1 Å². The summed E-state index contributed by atoms with van der Waals surface area (Å²) in [6.07, 6.45) is 0. The molecule has 6 heteroatoms. The molecule has 0 saturated heterocycles. The van der Waals surface area contributed by atoms with E-state index in [9.17, 15) is 10.5 Å². The summed E-state index contributed by atoms with van der Waals surface area (Å²) in [4.78, 5) is 9.48. The molecule has 0 N–H and O–H groups in total. The van der Waals surface area contributed by atoms with Gasteiger partial charge in [-0.1, -0.05) is 114 Å². The molecule has 0 atom stereocenters. The van der Waals surface area contributed by atoms with Gasteiger partial charge in [-0.3, -0.25) is 0 Å². The number of fused-ring (bicyclic) bond motifs is 2. The second-order valence-electron chi connectivity index (χ2n) is 11.1. The first kappa shape index (κ1) is 29.2. The lowest BCUT2D eigenvalue weighted by molar-refractivity contribution is 1.32. The monoisotopic (exact) mass is 630 g/mol. The summed E-state index contributed by atoms with van der Waals surface area (Å²) >= 11 is 13.1. The van der Waals surface area contributed by atoms with Crippen LogP contribution < -0.4 is 0 Å². The Morgan fingerprint density at radius 2 is 1.04 bits per heavy atom. The number of hydrogen-bond donors (Lipinski definition) is 0. The Morgan fingerprint density at radius 1 is 0.500 bits per heavy atom. The molecule has 5 aromatic carbocycles. The Labute approximate surface area is 276 Å². The van der Waals surface area contributed by atoms with E-state index < -0.39 is 0 Å². The van der Waals surface area contributed by atoms with E-state index in [-0.39, 0.29) is 10.3 Å². The summed E-state index contributed by atoms with van der Waals surface area (Å²) in [6.45, 7) is 3.84.